The highest BCUT2D eigenvalue weighted by Gasteiger charge is 2.68. The molecular weight excluding hydrogens is 402 g/mol. The van der Waals surface area contributed by atoms with Gasteiger partial charge in [0.1, 0.15) is 0 Å². The number of rotatable bonds is 4. The molecule has 156 valence electrons. The first-order valence-corrected chi connectivity index (χ1v) is 11.1. The summed E-state index contributed by atoms with van der Waals surface area (Å²) in [5, 5.41) is 0.0863. The maximum absolute atomic E-state index is 12.7. The average molecular weight is 437 g/mol. The summed E-state index contributed by atoms with van der Waals surface area (Å²) in [6, 6.07) is 7.33. The van der Waals surface area contributed by atoms with Crippen LogP contribution >= 0.6 is 19.1 Å². The lowest BCUT2D eigenvalue weighted by Gasteiger charge is -2.52. The molecule has 0 aliphatic carbocycles. The maximum atomic E-state index is 12.7. The molecular formula is C21H35Cl2O3P. The first kappa shape index (κ1) is 26.7. The minimum absolute atomic E-state index is 0. The molecule has 1 atom stereocenters. The van der Waals surface area contributed by atoms with Gasteiger partial charge in [-0.15, -0.1) is 0 Å². The molecule has 0 saturated heterocycles. The second-order valence-corrected chi connectivity index (χ2v) is 15.5. The Balaban J connectivity index is 0.00000676. The number of benzene rings is 1. The topological polar surface area (TPSA) is 35.5 Å². The van der Waals surface area contributed by atoms with Crippen LogP contribution in [0.1, 0.15) is 74.0 Å². The van der Waals surface area contributed by atoms with Gasteiger partial charge in [-0.25, -0.2) is 9.32 Å². The van der Waals surface area contributed by atoms with E-state index in [0.717, 1.165) is 0 Å². The predicted octanol–water partition coefficient (Wildman–Crippen LogP) is 3.90. The summed E-state index contributed by atoms with van der Waals surface area (Å²) < 4.78 is 12.0. The van der Waals surface area contributed by atoms with Gasteiger partial charge in [-0.1, -0.05) is 29.8 Å². The lowest BCUT2D eigenvalue weighted by atomic mass is 10.1. The number of hydrogen-bond donors (Lipinski definition) is 0. The Kier molecular flexibility index (Phi) is 8.88. The molecule has 1 aromatic carbocycles. The van der Waals surface area contributed by atoms with E-state index in [0.29, 0.717) is 10.6 Å². The second-order valence-electron chi connectivity index (χ2n) is 9.65. The monoisotopic (exact) mass is 436 g/mol. The van der Waals surface area contributed by atoms with Crippen LogP contribution in [-0.4, -0.2) is 28.5 Å². The van der Waals surface area contributed by atoms with Crippen molar-refractivity contribution in [2.24, 2.45) is 0 Å². The van der Waals surface area contributed by atoms with Gasteiger partial charge in [0.2, 0.25) is 6.10 Å². The average Bonchev–Trinajstić information content (AvgIpc) is 2.44. The Bertz CT molecular complexity index is 604. The van der Waals surface area contributed by atoms with Crippen molar-refractivity contribution >= 4 is 25.1 Å². The molecule has 0 saturated carbocycles. The van der Waals surface area contributed by atoms with Crippen LogP contribution in [0.15, 0.2) is 24.3 Å². The van der Waals surface area contributed by atoms with E-state index in [1.165, 1.54) is 7.11 Å². The van der Waals surface area contributed by atoms with Crippen LogP contribution in [0, 0.1) is 0 Å². The minimum Gasteiger partial charge on any atom is -1.00 e. The number of ether oxygens (including phenoxy) is 1. The highest BCUT2D eigenvalue weighted by atomic mass is 35.5. The van der Waals surface area contributed by atoms with E-state index in [9.17, 15) is 4.79 Å². The maximum Gasteiger partial charge on any atom is 0.344 e. The van der Waals surface area contributed by atoms with Gasteiger partial charge in [-0.3, -0.25) is 0 Å². The highest BCUT2D eigenvalue weighted by Crippen LogP contribution is 2.85. The summed E-state index contributed by atoms with van der Waals surface area (Å²) in [4.78, 5) is 12.7. The molecule has 0 unspecified atom stereocenters. The third kappa shape index (κ3) is 5.18. The van der Waals surface area contributed by atoms with Crippen molar-refractivity contribution in [3.05, 3.63) is 34.9 Å². The fourth-order valence-electron chi connectivity index (χ4n) is 4.67. The van der Waals surface area contributed by atoms with Crippen LogP contribution in [0.25, 0.3) is 0 Å². The number of esters is 1. The summed E-state index contributed by atoms with van der Waals surface area (Å²) >= 11 is 6.42. The zero-order chi connectivity index (χ0) is 20.6. The summed E-state index contributed by atoms with van der Waals surface area (Å²) in [6.45, 7) is 19.9. The van der Waals surface area contributed by atoms with Crippen LogP contribution in [0.3, 0.4) is 0 Å². The molecule has 27 heavy (non-hydrogen) atoms. The molecule has 0 heterocycles. The normalized spacial score (nSPS) is 14.3. The molecule has 0 aliphatic rings. The molecule has 3 nitrogen and oxygen atoms in total. The van der Waals surface area contributed by atoms with Gasteiger partial charge in [-0.2, -0.15) is 0 Å². The molecule has 0 N–H and O–H groups in total. The summed E-state index contributed by atoms with van der Waals surface area (Å²) in [5.41, 5.74) is 0.656. The number of hydrogen-bond acceptors (Lipinski definition) is 3. The Morgan fingerprint density at radius 3 is 1.67 bits per heavy atom. The third-order valence-corrected chi connectivity index (χ3v) is 11.2. The molecule has 0 fully saturated rings. The molecule has 0 aliphatic heterocycles. The van der Waals surface area contributed by atoms with E-state index in [-0.39, 0.29) is 27.9 Å². The van der Waals surface area contributed by atoms with Gasteiger partial charge in [0.05, 0.1) is 22.6 Å². The van der Waals surface area contributed by atoms with Gasteiger partial charge in [0.25, 0.3) is 0 Å². The molecule has 0 bridgehead atoms. The van der Waals surface area contributed by atoms with Crippen molar-refractivity contribution in [1.82, 2.24) is 0 Å². The van der Waals surface area contributed by atoms with Crippen molar-refractivity contribution in [1.29, 1.82) is 0 Å². The van der Waals surface area contributed by atoms with Crippen molar-refractivity contribution in [2.75, 3.05) is 7.11 Å². The van der Waals surface area contributed by atoms with Gasteiger partial charge in [0, 0.05) is 10.6 Å². The lowest BCUT2D eigenvalue weighted by molar-refractivity contribution is -0.149. The minimum atomic E-state index is -2.22. The van der Waals surface area contributed by atoms with E-state index in [4.69, 9.17) is 20.9 Å². The summed E-state index contributed by atoms with van der Waals surface area (Å²) in [5.74, 6) is -0.416. The van der Waals surface area contributed by atoms with Crippen LogP contribution in [-0.2, 0) is 14.1 Å². The number of halogens is 2. The first-order valence-electron chi connectivity index (χ1n) is 9.00. The van der Waals surface area contributed by atoms with Gasteiger partial charge >= 0.3 is 5.97 Å². The molecule has 6 heteroatoms. The third-order valence-electron chi connectivity index (χ3n) is 4.70. The number of carbonyl (C=O) groups excluding carboxylic acids is 1. The summed E-state index contributed by atoms with van der Waals surface area (Å²) in [7, 11) is -0.826. The molecule has 0 spiro atoms. The quantitative estimate of drug-likeness (QED) is 0.530. The van der Waals surface area contributed by atoms with Crippen molar-refractivity contribution in [3.63, 3.8) is 0 Å². The Hall–Kier alpha value is -0.340. The van der Waals surface area contributed by atoms with Crippen molar-refractivity contribution in [2.45, 2.75) is 83.9 Å². The zero-order valence-electron chi connectivity index (χ0n) is 18.3. The Morgan fingerprint density at radius 1 is 0.926 bits per heavy atom. The van der Waals surface area contributed by atoms with Gasteiger partial charge in [0.15, 0.2) is 7.49 Å². The van der Waals surface area contributed by atoms with E-state index in [1.807, 2.05) is 18.2 Å². The molecule has 0 aromatic heterocycles. The van der Waals surface area contributed by atoms with Gasteiger partial charge < -0.3 is 17.1 Å². The zero-order valence-corrected chi connectivity index (χ0v) is 20.7. The molecule has 0 radical (unpaired) electrons. The van der Waals surface area contributed by atoms with Crippen LogP contribution in [0.2, 0.25) is 5.02 Å². The first-order chi connectivity index (χ1) is 11.6. The molecule has 1 rings (SSSR count). The van der Waals surface area contributed by atoms with Crippen LogP contribution in [0.4, 0.5) is 0 Å². The fraction of sp³-hybridized carbons (Fsp3) is 0.667. The van der Waals surface area contributed by atoms with E-state index in [1.54, 1.807) is 6.07 Å². The molecule has 0 amide bonds. The molecule has 1 aromatic rings. The lowest BCUT2D eigenvalue weighted by Crippen LogP contribution is -3.00. The summed E-state index contributed by atoms with van der Waals surface area (Å²) in [6.07, 6.45) is -0.847. The number of methoxy groups -OCH3 is 1. The van der Waals surface area contributed by atoms with Crippen LogP contribution < -0.4 is 12.4 Å². The smallest absolute Gasteiger partial charge is 0.344 e. The Morgan fingerprint density at radius 2 is 1.33 bits per heavy atom. The Labute approximate surface area is 177 Å². The predicted molar refractivity (Wildman–Crippen MR) is 113 cm³/mol. The second kappa shape index (κ2) is 8.99. The highest BCUT2D eigenvalue weighted by molar-refractivity contribution is 7.75. The largest absolute Gasteiger partial charge is 1.00 e. The SMILES string of the molecule is COC(=O)[C@H](O[P+](C(C)(C)C)(C(C)(C)C)C(C)(C)C)c1ccccc1Cl.[Cl-]. The van der Waals surface area contributed by atoms with Crippen molar-refractivity contribution < 1.29 is 26.5 Å². The van der Waals surface area contributed by atoms with Crippen molar-refractivity contribution in [3.8, 4) is 0 Å². The van der Waals surface area contributed by atoms with Gasteiger partial charge in [-0.05, 0) is 68.4 Å². The van der Waals surface area contributed by atoms with E-state index < -0.39 is 19.6 Å². The fourth-order valence-corrected chi connectivity index (χ4v) is 12.4. The van der Waals surface area contributed by atoms with E-state index >= 15 is 0 Å². The van der Waals surface area contributed by atoms with Crippen LogP contribution in [0.5, 0.6) is 0 Å². The number of carbonyl (C=O) groups is 1. The van der Waals surface area contributed by atoms with E-state index in [2.05, 4.69) is 62.3 Å². The standard InChI is InChI=1S/C21H35ClO3P.ClH/c1-19(2,3)26(20(4,5)6,21(7,8)9)25-17(18(23)24-10)15-13-11-12-14-16(15)22;/h11-14,17H,1-10H3;1H/q+1;/p-1/t17-;/m1./s1.